The number of hydrogen-bond donors (Lipinski definition) is 0. The highest BCUT2D eigenvalue weighted by atomic mass is 31.2. The predicted octanol–water partition coefficient (Wildman–Crippen LogP) is 2.50. The van der Waals surface area contributed by atoms with E-state index in [-0.39, 0.29) is 12.2 Å². The van der Waals surface area contributed by atoms with Gasteiger partial charge < -0.3 is 9.26 Å². The van der Waals surface area contributed by atoms with Crippen molar-refractivity contribution >= 4 is 7.37 Å². The van der Waals surface area contributed by atoms with E-state index in [0.717, 1.165) is 19.3 Å². The quantitative estimate of drug-likeness (QED) is 0.665. The molecule has 1 rings (SSSR count). The van der Waals surface area contributed by atoms with Gasteiger partial charge in [-0.1, -0.05) is 12.8 Å². The molecule has 0 aromatic carbocycles. The van der Waals surface area contributed by atoms with Crippen LogP contribution in [0.2, 0.25) is 0 Å². The van der Waals surface area contributed by atoms with Crippen LogP contribution in [0.15, 0.2) is 0 Å². The van der Waals surface area contributed by atoms with Crippen LogP contribution in [0.25, 0.3) is 0 Å². The van der Waals surface area contributed by atoms with Crippen molar-refractivity contribution in [3.63, 3.8) is 0 Å². The second-order valence-corrected chi connectivity index (χ2v) is 6.67. The molecule has 0 N–H and O–H groups in total. The lowest BCUT2D eigenvalue weighted by molar-refractivity contribution is -0.0210. The molecule has 0 radical (unpaired) electrons. The number of hydrogen-bond acceptors (Lipinski definition) is 3. The zero-order chi connectivity index (χ0) is 9.90. The summed E-state index contributed by atoms with van der Waals surface area (Å²) >= 11 is 0. The van der Waals surface area contributed by atoms with E-state index in [9.17, 15) is 4.57 Å². The molecule has 2 atom stereocenters. The highest BCUT2D eigenvalue weighted by Gasteiger charge is 2.28. The molecule has 0 aromatic heterocycles. The molecule has 0 bridgehead atoms. The van der Waals surface area contributed by atoms with E-state index in [2.05, 4.69) is 0 Å². The van der Waals surface area contributed by atoms with Crippen molar-refractivity contribution in [2.75, 3.05) is 20.4 Å². The third-order valence-corrected chi connectivity index (χ3v) is 3.11. The average Bonchev–Trinajstić information content (AvgIpc) is 2.02. The lowest BCUT2D eigenvalue weighted by Gasteiger charge is -2.31. The Morgan fingerprint density at radius 1 is 1.15 bits per heavy atom. The van der Waals surface area contributed by atoms with Gasteiger partial charge in [0.2, 0.25) is 0 Å². The Labute approximate surface area is 80.3 Å². The van der Waals surface area contributed by atoms with Crippen LogP contribution in [0.4, 0.5) is 0 Å². The Morgan fingerprint density at radius 2 is 1.69 bits per heavy atom. The molecular formula is C9H19O3P. The first-order valence-corrected chi connectivity index (χ1v) is 7.31. The van der Waals surface area contributed by atoms with Crippen LogP contribution < -0.4 is 0 Å². The van der Waals surface area contributed by atoms with Crippen LogP contribution in [0.1, 0.15) is 25.7 Å². The highest BCUT2D eigenvalue weighted by molar-refractivity contribution is 7.57. The predicted molar refractivity (Wildman–Crippen MR) is 53.6 cm³/mol. The fourth-order valence-electron chi connectivity index (χ4n) is 1.78. The second-order valence-electron chi connectivity index (χ2n) is 3.95. The van der Waals surface area contributed by atoms with Gasteiger partial charge in [0, 0.05) is 20.4 Å². The third-order valence-electron chi connectivity index (χ3n) is 2.33. The molecule has 0 spiro atoms. The molecule has 1 saturated carbocycles. The molecule has 0 heterocycles. The topological polar surface area (TPSA) is 35.5 Å². The van der Waals surface area contributed by atoms with Crippen molar-refractivity contribution in [3.8, 4) is 0 Å². The van der Waals surface area contributed by atoms with Gasteiger partial charge in [-0.15, -0.1) is 0 Å². The Morgan fingerprint density at radius 3 is 2.15 bits per heavy atom. The first kappa shape index (κ1) is 11.2. The fraction of sp³-hybridized carbons (Fsp3) is 1.00. The van der Waals surface area contributed by atoms with Crippen LogP contribution in [0.3, 0.4) is 0 Å². The van der Waals surface area contributed by atoms with Gasteiger partial charge in [0.25, 0.3) is 0 Å². The summed E-state index contributed by atoms with van der Waals surface area (Å²) in [5.41, 5.74) is 0. The van der Waals surface area contributed by atoms with Crippen molar-refractivity contribution in [1.29, 1.82) is 0 Å². The molecule has 3 nitrogen and oxygen atoms in total. The summed E-state index contributed by atoms with van der Waals surface area (Å²) in [4.78, 5) is 0. The van der Waals surface area contributed by atoms with Crippen molar-refractivity contribution < 1.29 is 13.8 Å². The van der Waals surface area contributed by atoms with E-state index in [1.807, 2.05) is 0 Å². The lowest BCUT2D eigenvalue weighted by Crippen LogP contribution is -2.33. The molecule has 0 aromatic rings. The van der Waals surface area contributed by atoms with Gasteiger partial charge in [0.1, 0.15) is 0 Å². The van der Waals surface area contributed by atoms with Crippen LogP contribution in [0.5, 0.6) is 0 Å². The maximum atomic E-state index is 11.5. The molecular weight excluding hydrogens is 187 g/mol. The Bertz CT molecular complexity index is 199. The maximum Gasteiger partial charge on any atom is 0.197 e. The van der Waals surface area contributed by atoms with Gasteiger partial charge in [-0.05, 0) is 12.8 Å². The minimum Gasteiger partial charge on any atom is -0.379 e. The van der Waals surface area contributed by atoms with Crippen molar-refractivity contribution in [2.45, 2.75) is 37.9 Å². The van der Waals surface area contributed by atoms with E-state index in [4.69, 9.17) is 9.26 Å². The Balaban J connectivity index is 2.50. The maximum absolute atomic E-state index is 11.5. The molecule has 0 aliphatic heterocycles. The zero-order valence-corrected chi connectivity index (χ0v) is 9.55. The summed E-state index contributed by atoms with van der Waals surface area (Å²) in [6.45, 7) is 3.32. The van der Waals surface area contributed by atoms with Gasteiger partial charge in [-0.3, -0.25) is 4.57 Å². The van der Waals surface area contributed by atoms with Crippen LogP contribution in [-0.4, -0.2) is 32.6 Å². The average molecular weight is 206 g/mol. The van der Waals surface area contributed by atoms with Gasteiger partial charge in [0.15, 0.2) is 7.37 Å². The van der Waals surface area contributed by atoms with Gasteiger partial charge in [0.05, 0.1) is 12.2 Å². The summed E-state index contributed by atoms with van der Waals surface area (Å²) in [5.74, 6) is 0. The molecule has 1 aliphatic rings. The van der Waals surface area contributed by atoms with Gasteiger partial charge in [-0.25, -0.2) is 0 Å². The number of rotatable bonds is 3. The standard InChI is InChI=1S/C9H19O3P/c1-11-8-6-4-5-7-9(8)12-13(2,3)10/h8-9H,4-7H2,1-3H3/t8-,9-/m1/s1. The minimum atomic E-state index is -2.36. The fourth-order valence-corrected chi connectivity index (χ4v) is 2.67. The molecule has 13 heavy (non-hydrogen) atoms. The summed E-state index contributed by atoms with van der Waals surface area (Å²) in [6, 6.07) is 0. The molecule has 4 heteroatoms. The molecule has 0 unspecified atom stereocenters. The monoisotopic (exact) mass is 206 g/mol. The summed E-state index contributed by atoms with van der Waals surface area (Å²) in [5, 5.41) is 0. The smallest absolute Gasteiger partial charge is 0.197 e. The molecule has 1 fully saturated rings. The Hall–Kier alpha value is 0.150. The zero-order valence-electron chi connectivity index (χ0n) is 8.66. The van der Waals surface area contributed by atoms with Crippen molar-refractivity contribution in [1.82, 2.24) is 0 Å². The minimum absolute atomic E-state index is 0.0413. The SMILES string of the molecule is CO[C@@H]1CCCC[C@H]1OP(C)(C)=O. The largest absolute Gasteiger partial charge is 0.379 e. The second kappa shape index (κ2) is 4.59. The van der Waals surface area contributed by atoms with E-state index in [1.54, 1.807) is 20.4 Å². The van der Waals surface area contributed by atoms with Gasteiger partial charge >= 0.3 is 0 Å². The summed E-state index contributed by atoms with van der Waals surface area (Å²) < 4.78 is 22.3. The molecule has 78 valence electrons. The van der Waals surface area contributed by atoms with Crippen LogP contribution >= 0.6 is 7.37 Å². The van der Waals surface area contributed by atoms with E-state index >= 15 is 0 Å². The van der Waals surface area contributed by atoms with E-state index in [1.165, 1.54) is 6.42 Å². The molecule has 1 aliphatic carbocycles. The van der Waals surface area contributed by atoms with Gasteiger partial charge in [-0.2, -0.15) is 0 Å². The lowest BCUT2D eigenvalue weighted by atomic mass is 9.95. The summed E-state index contributed by atoms with van der Waals surface area (Å²) in [6.07, 6.45) is 4.54. The van der Waals surface area contributed by atoms with Crippen LogP contribution in [0, 0.1) is 0 Å². The van der Waals surface area contributed by atoms with Crippen molar-refractivity contribution in [3.05, 3.63) is 0 Å². The number of ether oxygens (including phenoxy) is 1. The molecule has 0 amide bonds. The summed E-state index contributed by atoms with van der Waals surface area (Å²) in [7, 11) is -0.668. The van der Waals surface area contributed by atoms with E-state index in [0.29, 0.717) is 0 Å². The van der Waals surface area contributed by atoms with Crippen molar-refractivity contribution in [2.24, 2.45) is 0 Å². The Kier molecular flexibility index (Phi) is 3.96. The first-order valence-electron chi connectivity index (χ1n) is 4.79. The number of methoxy groups -OCH3 is 1. The third kappa shape index (κ3) is 3.80. The first-order chi connectivity index (χ1) is 6.03. The van der Waals surface area contributed by atoms with E-state index < -0.39 is 7.37 Å². The normalized spacial score (nSPS) is 30.4. The van der Waals surface area contributed by atoms with Crippen LogP contribution in [-0.2, 0) is 13.8 Å². The molecule has 0 saturated heterocycles. The highest BCUT2D eigenvalue weighted by Crippen LogP contribution is 2.42.